The number of nitrogens with one attached hydrogen (secondary N) is 1. The second-order valence-electron chi connectivity index (χ2n) is 4.08. The third-order valence-electron chi connectivity index (χ3n) is 2.95. The monoisotopic (exact) mass is 210 g/mol. The molecule has 0 radical (unpaired) electrons. The van der Waals surface area contributed by atoms with Crippen LogP contribution in [0, 0.1) is 0 Å². The zero-order valence-corrected chi connectivity index (χ0v) is 8.84. The van der Waals surface area contributed by atoms with E-state index >= 15 is 0 Å². The van der Waals surface area contributed by atoms with Crippen molar-refractivity contribution in [1.29, 1.82) is 0 Å². The van der Waals surface area contributed by atoms with E-state index in [2.05, 4.69) is 15.6 Å². The Kier molecular flexibility index (Phi) is 3.69. The molecule has 0 aromatic carbocycles. The molecule has 0 amide bonds. The second-order valence-corrected chi connectivity index (χ2v) is 4.08. The number of hydrogen-bond donors (Lipinski definition) is 2. The molecule has 1 fully saturated rings. The van der Waals surface area contributed by atoms with Gasteiger partial charge in [0.1, 0.15) is 0 Å². The zero-order chi connectivity index (χ0) is 10.5. The topological polar surface area (TPSA) is 63.0 Å². The molecule has 0 bridgehead atoms. The first-order chi connectivity index (χ1) is 7.36. The van der Waals surface area contributed by atoms with Crippen LogP contribution in [0.3, 0.4) is 0 Å². The van der Waals surface area contributed by atoms with E-state index in [0.29, 0.717) is 0 Å². The molecular weight excluding hydrogens is 192 g/mol. The quantitative estimate of drug-likeness (QED) is 0.743. The van der Waals surface area contributed by atoms with Crippen LogP contribution in [-0.2, 0) is 6.54 Å². The van der Waals surface area contributed by atoms with Crippen LogP contribution in [0.25, 0.3) is 0 Å². The third kappa shape index (κ3) is 3.00. The highest BCUT2D eigenvalue weighted by atomic mass is 16.3. The first kappa shape index (κ1) is 10.6. The smallest absolute Gasteiger partial charge is 0.0693 e. The van der Waals surface area contributed by atoms with Gasteiger partial charge in [-0.2, -0.15) is 0 Å². The Morgan fingerprint density at radius 2 is 2.27 bits per heavy atom. The van der Waals surface area contributed by atoms with Crippen molar-refractivity contribution in [3.8, 4) is 0 Å². The molecule has 2 atom stereocenters. The van der Waals surface area contributed by atoms with Gasteiger partial charge in [0.25, 0.3) is 0 Å². The van der Waals surface area contributed by atoms with Crippen LogP contribution in [0.5, 0.6) is 0 Å². The Labute approximate surface area is 89.5 Å². The third-order valence-corrected chi connectivity index (χ3v) is 2.95. The van der Waals surface area contributed by atoms with Crippen molar-refractivity contribution < 1.29 is 5.11 Å². The van der Waals surface area contributed by atoms with E-state index in [1.54, 1.807) is 10.9 Å². The van der Waals surface area contributed by atoms with Gasteiger partial charge in [0.15, 0.2) is 0 Å². The van der Waals surface area contributed by atoms with Crippen LogP contribution in [0.1, 0.15) is 25.7 Å². The van der Waals surface area contributed by atoms with E-state index in [1.165, 1.54) is 6.42 Å². The summed E-state index contributed by atoms with van der Waals surface area (Å²) >= 11 is 0. The summed E-state index contributed by atoms with van der Waals surface area (Å²) in [6.45, 7) is 1.65. The van der Waals surface area contributed by atoms with Crippen molar-refractivity contribution in [2.24, 2.45) is 0 Å². The first-order valence-corrected chi connectivity index (χ1v) is 5.62. The lowest BCUT2D eigenvalue weighted by Crippen LogP contribution is -2.43. The molecule has 5 heteroatoms. The lowest BCUT2D eigenvalue weighted by atomic mass is 9.93. The Bertz CT molecular complexity index is 275. The first-order valence-electron chi connectivity index (χ1n) is 5.62. The largest absolute Gasteiger partial charge is 0.392 e. The predicted molar refractivity (Wildman–Crippen MR) is 56.3 cm³/mol. The van der Waals surface area contributed by atoms with Crippen LogP contribution >= 0.6 is 0 Å². The van der Waals surface area contributed by atoms with E-state index in [-0.39, 0.29) is 12.1 Å². The molecule has 1 aromatic rings. The lowest BCUT2D eigenvalue weighted by Gasteiger charge is -2.28. The molecule has 1 aliphatic carbocycles. The minimum absolute atomic E-state index is 0.172. The Morgan fingerprint density at radius 1 is 1.40 bits per heavy atom. The average molecular weight is 210 g/mol. The SMILES string of the molecule is O[C@H]1CCCC[C@@H]1NCCn1ccnn1. The summed E-state index contributed by atoms with van der Waals surface area (Å²) in [5.74, 6) is 0. The molecule has 0 saturated heterocycles. The molecule has 1 aliphatic rings. The highest BCUT2D eigenvalue weighted by Crippen LogP contribution is 2.17. The van der Waals surface area contributed by atoms with Crippen LogP contribution in [0.2, 0.25) is 0 Å². The molecule has 2 N–H and O–H groups in total. The average Bonchev–Trinajstić information content (AvgIpc) is 2.74. The standard InChI is InChI=1S/C10H18N4O/c15-10-4-2-1-3-9(10)11-5-7-14-8-6-12-13-14/h6,8-11,15H,1-5,7H2/t9-,10-/m0/s1. The highest BCUT2D eigenvalue weighted by molar-refractivity contribution is 4.80. The molecule has 0 aliphatic heterocycles. The van der Waals surface area contributed by atoms with Gasteiger partial charge >= 0.3 is 0 Å². The fourth-order valence-electron chi connectivity index (χ4n) is 2.07. The van der Waals surface area contributed by atoms with E-state index in [0.717, 1.165) is 32.4 Å². The van der Waals surface area contributed by atoms with Gasteiger partial charge in [-0.3, -0.25) is 4.68 Å². The van der Waals surface area contributed by atoms with Crippen LogP contribution in [0.15, 0.2) is 12.4 Å². The highest BCUT2D eigenvalue weighted by Gasteiger charge is 2.21. The summed E-state index contributed by atoms with van der Waals surface area (Å²) in [5, 5.41) is 20.7. The maximum Gasteiger partial charge on any atom is 0.0693 e. The maximum atomic E-state index is 9.73. The molecule has 15 heavy (non-hydrogen) atoms. The van der Waals surface area contributed by atoms with Crippen molar-refractivity contribution in [2.75, 3.05) is 6.54 Å². The molecule has 1 aromatic heterocycles. The van der Waals surface area contributed by atoms with Crippen molar-refractivity contribution in [3.63, 3.8) is 0 Å². The number of rotatable bonds is 4. The molecule has 1 heterocycles. The van der Waals surface area contributed by atoms with Gasteiger partial charge in [-0.15, -0.1) is 5.10 Å². The van der Waals surface area contributed by atoms with Gasteiger partial charge in [-0.1, -0.05) is 18.1 Å². The maximum absolute atomic E-state index is 9.73. The number of nitrogens with zero attached hydrogens (tertiary/aromatic N) is 3. The van der Waals surface area contributed by atoms with Gasteiger partial charge in [0.2, 0.25) is 0 Å². The molecule has 1 saturated carbocycles. The summed E-state index contributed by atoms with van der Waals surface area (Å²) in [5.41, 5.74) is 0. The zero-order valence-electron chi connectivity index (χ0n) is 8.84. The fourth-order valence-corrected chi connectivity index (χ4v) is 2.07. The van der Waals surface area contributed by atoms with Crippen molar-refractivity contribution in [1.82, 2.24) is 20.3 Å². The van der Waals surface area contributed by atoms with Crippen LogP contribution < -0.4 is 5.32 Å². The number of aliphatic hydroxyl groups excluding tert-OH is 1. The van der Waals surface area contributed by atoms with Gasteiger partial charge in [-0.25, -0.2) is 0 Å². The van der Waals surface area contributed by atoms with Crippen molar-refractivity contribution in [2.45, 2.75) is 44.4 Å². The summed E-state index contributed by atoms with van der Waals surface area (Å²) in [6, 6.07) is 0.266. The van der Waals surface area contributed by atoms with Gasteiger partial charge in [0, 0.05) is 18.8 Å². The molecule has 5 nitrogen and oxygen atoms in total. The molecule has 0 spiro atoms. The fraction of sp³-hybridized carbons (Fsp3) is 0.800. The Balaban J connectivity index is 1.68. The van der Waals surface area contributed by atoms with Gasteiger partial charge in [0.05, 0.1) is 18.8 Å². The van der Waals surface area contributed by atoms with Crippen molar-refractivity contribution >= 4 is 0 Å². The molecule has 2 rings (SSSR count). The minimum atomic E-state index is -0.172. The summed E-state index contributed by atoms with van der Waals surface area (Å²) < 4.78 is 1.79. The predicted octanol–water partition coefficient (Wildman–Crippen LogP) is 0.171. The number of aromatic nitrogens is 3. The van der Waals surface area contributed by atoms with Gasteiger partial charge in [-0.05, 0) is 12.8 Å². The Hall–Kier alpha value is -0.940. The van der Waals surface area contributed by atoms with E-state index in [4.69, 9.17) is 0 Å². The minimum Gasteiger partial charge on any atom is -0.392 e. The normalized spacial score (nSPS) is 26.7. The number of hydrogen-bond acceptors (Lipinski definition) is 4. The van der Waals surface area contributed by atoms with E-state index in [9.17, 15) is 5.11 Å². The van der Waals surface area contributed by atoms with Crippen LogP contribution in [-0.4, -0.2) is 38.8 Å². The lowest BCUT2D eigenvalue weighted by molar-refractivity contribution is 0.0905. The van der Waals surface area contributed by atoms with Gasteiger partial charge < -0.3 is 10.4 Å². The summed E-state index contributed by atoms with van der Waals surface area (Å²) in [6.07, 6.45) is 7.74. The molecule has 84 valence electrons. The van der Waals surface area contributed by atoms with Crippen LogP contribution in [0.4, 0.5) is 0 Å². The Morgan fingerprint density at radius 3 is 3.00 bits per heavy atom. The summed E-state index contributed by atoms with van der Waals surface area (Å²) in [7, 11) is 0. The van der Waals surface area contributed by atoms with Crippen molar-refractivity contribution in [3.05, 3.63) is 12.4 Å². The summed E-state index contributed by atoms with van der Waals surface area (Å²) in [4.78, 5) is 0. The number of aliphatic hydroxyl groups is 1. The van der Waals surface area contributed by atoms with E-state index in [1.807, 2.05) is 6.20 Å². The second kappa shape index (κ2) is 5.23. The van der Waals surface area contributed by atoms with E-state index < -0.39 is 0 Å². The molecular formula is C10H18N4O. The molecule has 0 unspecified atom stereocenters.